The van der Waals surface area contributed by atoms with Crippen molar-refractivity contribution < 1.29 is 28.6 Å². The molecule has 0 rings (SSSR count). The van der Waals surface area contributed by atoms with Crippen LogP contribution in [-0.4, -0.2) is 37.2 Å². The molecule has 6 nitrogen and oxygen atoms in total. The average molecular weight is 920 g/mol. The van der Waals surface area contributed by atoms with Gasteiger partial charge >= 0.3 is 17.9 Å². The lowest BCUT2D eigenvalue weighted by Gasteiger charge is -2.18. The molecular weight excluding hydrogens is 805 g/mol. The van der Waals surface area contributed by atoms with Gasteiger partial charge in [0.25, 0.3) is 0 Å². The third-order valence-electron chi connectivity index (χ3n) is 13.6. The highest BCUT2D eigenvalue weighted by molar-refractivity contribution is 5.71. The van der Waals surface area contributed by atoms with Crippen molar-refractivity contribution in [2.45, 2.75) is 348 Å². The second kappa shape index (κ2) is 55.0. The number of rotatable bonds is 55. The van der Waals surface area contributed by atoms with Gasteiger partial charge in [-0.1, -0.05) is 303 Å². The predicted octanol–water partition coefficient (Wildman–Crippen LogP) is 19.5. The van der Waals surface area contributed by atoms with Crippen LogP contribution in [0.4, 0.5) is 0 Å². The summed E-state index contributed by atoms with van der Waals surface area (Å²) < 4.78 is 16.7. The Morgan fingerprint density at radius 3 is 0.615 bits per heavy atom. The van der Waals surface area contributed by atoms with Crippen molar-refractivity contribution in [2.75, 3.05) is 13.2 Å². The summed E-state index contributed by atoms with van der Waals surface area (Å²) in [6.45, 7) is 6.62. The second-order valence-electron chi connectivity index (χ2n) is 20.3. The van der Waals surface area contributed by atoms with Crippen molar-refractivity contribution in [3.8, 4) is 0 Å². The first-order chi connectivity index (χ1) is 32.0. The van der Waals surface area contributed by atoms with Gasteiger partial charge in [-0.25, -0.2) is 0 Å². The minimum atomic E-state index is -0.759. The van der Waals surface area contributed by atoms with E-state index in [1.54, 1.807) is 0 Å². The van der Waals surface area contributed by atoms with Crippen LogP contribution in [0.15, 0.2) is 0 Å². The third-order valence-corrected chi connectivity index (χ3v) is 13.6. The molecule has 0 saturated heterocycles. The summed E-state index contributed by atoms with van der Waals surface area (Å²) in [6, 6.07) is 0. The molecule has 1 atom stereocenters. The number of hydrogen-bond donors (Lipinski definition) is 0. The fourth-order valence-electron chi connectivity index (χ4n) is 9.15. The number of ether oxygens (including phenoxy) is 3. The van der Waals surface area contributed by atoms with Gasteiger partial charge in [-0.3, -0.25) is 14.4 Å². The summed E-state index contributed by atoms with van der Waals surface area (Å²) in [4.78, 5) is 37.8. The molecule has 6 heteroatoms. The minimum Gasteiger partial charge on any atom is -0.462 e. The molecule has 0 amide bonds. The van der Waals surface area contributed by atoms with Crippen LogP contribution < -0.4 is 0 Å². The zero-order chi connectivity index (χ0) is 47.2. The number of carbonyl (C=O) groups is 3. The van der Waals surface area contributed by atoms with Gasteiger partial charge in [-0.15, -0.1) is 0 Å². The first kappa shape index (κ1) is 63.4. The van der Waals surface area contributed by atoms with Gasteiger partial charge in [-0.05, 0) is 19.3 Å². The van der Waals surface area contributed by atoms with Crippen LogP contribution in [0.1, 0.15) is 342 Å². The average Bonchev–Trinajstić information content (AvgIpc) is 3.30. The fraction of sp³-hybridized carbons (Fsp3) is 0.949. The van der Waals surface area contributed by atoms with Gasteiger partial charge in [0.05, 0.1) is 0 Å². The predicted molar refractivity (Wildman–Crippen MR) is 280 cm³/mol. The molecule has 0 N–H and O–H groups in total. The lowest BCUT2D eigenvalue weighted by molar-refractivity contribution is -0.167. The normalized spacial score (nSPS) is 11.9. The summed E-state index contributed by atoms with van der Waals surface area (Å²) in [5.41, 5.74) is 0. The van der Waals surface area contributed by atoms with E-state index in [4.69, 9.17) is 14.2 Å². The van der Waals surface area contributed by atoms with E-state index in [1.807, 2.05) is 0 Å². The molecule has 1 unspecified atom stereocenters. The van der Waals surface area contributed by atoms with Crippen LogP contribution in [0.3, 0.4) is 0 Å². The lowest BCUT2D eigenvalue weighted by Crippen LogP contribution is -2.30. The maximum atomic E-state index is 12.8. The van der Waals surface area contributed by atoms with Gasteiger partial charge in [0.1, 0.15) is 13.2 Å². The maximum absolute atomic E-state index is 12.8. The molecule has 0 aromatic rings. The minimum absolute atomic E-state index is 0.0627. The van der Waals surface area contributed by atoms with Crippen LogP contribution in [0, 0.1) is 0 Å². The fourth-order valence-corrected chi connectivity index (χ4v) is 9.15. The van der Waals surface area contributed by atoms with Gasteiger partial charge < -0.3 is 14.2 Å². The topological polar surface area (TPSA) is 78.9 Å². The maximum Gasteiger partial charge on any atom is 0.306 e. The van der Waals surface area contributed by atoms with E-state index in [2.05, 4.69) is 20.8 Å². The van der Waals surface area contributed by atoms with E-state index in [1.165, 1.54) is 238 Å². The van der Waals surface area contributed by atoms with Crippen molar-refractivity contribution >= 4 is 17.9 Å². The molecule has 0 aromatic carbocycles. The highest BCUT2D eigenvalue weighted by atomic mass is 16.6. The Labute approximate surface area is 406 Å². The van der Waals surface area contributed by atoms with Crippen molar-refractivity contribution in [1.29, 1.82) is 0 Å². The molecule has 0 fully saturated rings. The van der Waals surface area contributed by atoms with Gasteiger partial charge in [0, 0.05) is 19.3 Å². The number of carbonyl (C=O) groups excluding carboxylic acids is 3. The number of esters is 3. The summed E-state index contributed by atoms with van der Waals surface area (Å²) in [5.74, 6) is -0.851. The number of hydrogen-bond acceptors (Lipinski definition) is 6. The summed E-state index contributed by atoms with van der Waals surface area (Å²) in [6.07, 6.45) is 61.5. The molecule has 386 valence electrons. The SMILES string of the molecule is CCCCCCCCCCCCCCCCCCCCCCCCCCCC(=O)OCC(COC(=O)CCCCCCC)OC(=O)CCCCCCCCCCCCCCCCCCC. The number of unbranched alkanes of at least 4 members (excludes halogenated alkanes) is 44. The van der Waals surface area contributed by atoms with E-state index in [0.717, 1.165) is 64.2 Å². The first-order valence-electron chi connectivity index (χ1n) is 29.5. The Kier molecular flexibility index (Phi) is 53.7. The Morgan fingerprint density at radius 2 is 0.415 bits per heavy atom. The third kappa shape index (κ3) is 53.2. The van der Waals surface area contributed by atoms with Gasteiger partial charge in [-0.2, -0.15) is 0 Å². The molecule has 0 aliphatic rings. The first-order valence-corrected chi connectivity index (χ1v) is 29.5. The van der Waals surface area contributed by atoms with Crippen molar-refractivity contribution in [1.82, 2.24) is 0 Å². The Hall–Kier alpha value is -1.59. The molecular formula is C59H114O6. The van der Waals surface area contributed by atoms with E-state index in [-0.39, 0.29) is 31.1 Å². The van der Waals surface area contributed by atoms with Gasteiger partial charge in [0.15, 0.2) is 6.10 Å². The molecule has 0 aromatic heterocycles. The molecule has 0 heterocycles. The molecule has 0 aliphatic heterocycles. The quantitative estimate of drug-likeness (QED) is 0.0344. The second-order valence-corrected chi connectivity index (χ2v) is 20.3. The molecule has 0 radical (unpaired) electrons. The lowest BCUT2D eigenvalue weighted by atomic mass is 10.0. The molecule has 65 heavy (non-hydrogen) atoms. The van der Waals surface area contributed by atoms with Crippen LogP contribution in [-0.2, 0) is 28.6 Å². The zero-order valence-electron chi connectivity index (χ0n) is 44.3. The van der Waals surface area contributed by atoms with Crippen molar-refractivity contribution in [3.63, 3.8) is 0 Å². The Balaban J connectivity index is 3.97. The monoisotopic (exact) mass is 919 g/mol. The van der Waals surface area contributed by atoms with Crippen LogP contribution in [0.2, 0.25) is 0 Å². The highest BCUT2D eigenvalue weighted by Crippen LogP contribution is 2.18. The highest BCUT2D eigenvalue weighted by Gasteiger charge is 2.19. The summed E-state index contributed by atoms with van der Waals surface area (Å²) in [7, 11) is 0. The summed E-state index contributed by atoms with van der Waals surface area (Å²) in [5, 5.41) is 0. The van der Waals surface area contributed by atoms with Crippen LogP contribution in [0.25, 0.3) is 0 Å². The van der Waals surface area contributed by atoms with Crippen molar-refractivity contribution in [2.24, 2.45) is 0 Å². The standard InChI is InChI=1S/C59H114O6/c1-4-7-10-13-15-17-19-21-23-25-26-27-28-29-30-31-32-34-35-37-39-41-43-46-49-52-58(61)64-55-56(54-63-57(60)51-48-45-12-9-6-3)65-59(62)53-50-47-44-42-40-38-36-33-24-22-20-18-16-14-11-8-5-2/h56H,4-55H2,1-3H3. The largest absolute Gasteiger partial charge is 0.462 e. The van der Waals surface area contributed by atoms with Crippen LogP contribution in [0.5, 0.6) is 0 Å². The Morgan fingerprint density at radius 1 is 0.246 bits per heavy atom. The summed E-state index contributed by atoms with van der Waals surface area (Å²) >= 11 is 0. The van der Waals surface area contributed by atoms with Gasteiger partial charge in [0.2, 0.25) is 0 Å². The molecule has 0 bridgehead atoms. The molecule has 0 spiro atoms. The smallest absolute Gasteiger partial charge is 0.306 e. The zero-order valence-corrected chi connectivity index (χ0v) is 44.3. The van der Waals surface area contributed by atoms with E-state index in [0.29, 0.717) is 19.3 Å². The van der Waals surface area contributed by atoms with Crippen molar-refractivity contribution in [3.05, 3.63) is 0 Å². The Bertz CT molecular complexity index is 967. The van der Waals surface area contributed by atoms with E-state index >= 15 is 0 Å². The van der Waals surface area contributed by atoms with E-state index in [9.17, 15) is 14.4 Å². The molecule has 0 aliphatic carbocycles. The van der Waals surface area contributed by atoms with Crippen LogP contribution >= 0.6 is 0 Å². The van der Waals surface area contributed by atoms with E-state index < -0.39 is 6.10 Å². The molecule has 0 saturated carbocycles.